The molecule has 106 valence electrons. The highest BCUT2D eigenvalue weighted by molar-refractivity contribution is 5.87. The maximum Gasteiger partial charge on any atom is 0.326 e. The van der Waals surface area contributed by atoms with Gasteiger partial charge < -0.3 is 21.5 Å². The summed E-state index contributed by atoms with van der Waals surface area (Å²) in [6, 6.07) is -1.82. The van der Waals surface area contributed by atoms with E-state index in [4.69, 9.17) is 10.8 Å². The summed E-state index contributed by atoms with van der Waals surface area (Å²) < 4.78 is 0. The second kappa shape index (κ2) is 5.07. The Balaban J connectivity index is 1.76. The van der Waals surface area contributed by atoms with E-state index in [1.807, 2.05) is 0 Å². The smallest absolute Gasteiger partial charge is 0.326 e. The molecule has 0 heterocycles. The van der Waals surface area contributed by atoms with Crippen molar-refractivity contribution in [3.05, 3.63) is 0 Å². The van der Waals surface area contributed by atoms with Crippen LogP contribution in [0.15, 0.2) is 0 Å². The summed E-state index contributed by atoms with van der Waals surface area (Å²) in [6.07, 6.45) is 4.30. The van der Waals surface area contributed by atoms with Crippen LogP contribution >= 0.6 is 0 Å². The molecule has 2 fully saturated rings. The Bertz CT molecular complexity index is 402. The number of nitrogens with one attached hydrogen (secondary N) is 2. The van der Waals surface area contributed by atoms with E-state index in [-0.39, 0.29) is 5.41 Å². The van der Waals surface area contributed by atoms with Crippen LogP contribution in [0.3, 0.4) is 0 Å². The maximum atomic E-state index is 11.6. The van der Waals surface area contributed by atoms with E-state index in [1.165, 1.54) is 12.8 Å². The number of nitrogens with two attached hydrogens (primary N) is 1. The number of urea groups is 1. The van der Waals surface area contributed by atoms with Gasteiger partial charge in [0.1, 0.15) is 6.04 Å². The molecule has 2 rings (SSSR count). The standard InChI is InChI=1S/C12H19N3O4/c13-9(16)5-8(10(17)18)15-11(19)14-6-12(3-4-12)7-1-2-7/h7-8H,1-6H2,(H2,13,16)(H,17,18)(H2,14,15,19). The molecule has 7 nitrogen and oxygen atoms in total. The zero-order valence-electron chi connectivity index (χ0n) is 10.6. The lowest BCUT2D eigenvalue weighted by Crippen LogP contribution is -2.48. The molecule has 0 radical (unpaired) electrons. The van der Waals surface area contributed by atoms with Crippen molar-refractivity contribution in [2.24, 2.45) is 17.1 Å². The van der Waals surface area contributed by atoms with Gasteiger partial charge in [-0.15, -0.1) is 0 Å². The number of carbonyl (C=O) groups excluding carboxylic acids is 2. The van der Waals surface area contributed by atoms with Crippen molar-refractivity contribution in [3.8, 4) is 0 Å². The Morgan fingerprint density at radius 2 is 1.95 bits per heavy atom. The predicted molar refractivity (Wildman–Crippen MR) is 66.2 cm³/mol. The highest BCUT2D eigenvalue weighted by Crippen LogP contribution is 2.60. The zero-order chi connectivity index (χ0) is 14.0. The Morgan fingerprint density at radius 3 is 2.37 bits per heavy atom. The van der Waals surface area contributed by atoms with Crippen LogP contribution in [0.4, 0.5) is 4.79 Å². The minimum Gasteiger partial charge on any atom is -0.480 e. The highest BCUT2D eigenvalue weighted by atomic mass is 16.4. The van der Waals surface area contributed by atoms with Gasteiger partial charge in [-0.1, -0.05) is 0 Å². The number of rotatable bonds is 7. The average molecular weight is 269 g/mol. The van der Waals surface area contributed by atoms with Crippen molar-refractivity contribution >= 4 is 17.9 Å². The van der Waals surface area contributed by atoms with E-state index in [0.717, 1.165) is 12.8 Å². The first-order valence-electron chi connectivity index (χ1n) is 6.48. The molecule has 5 N–H and O–H groups in total. The minimum atomic E-state index is -1.27. The normalized spacial score (nSPS) is 21.3. The fourth-order valence-corrected chi connectivity index (χ4v) is 2.45. The largest absolute Gasteiger partial charge is 0.480 e. The van der Waals surface area contributed by atoms with Crippen LogP contribution in [0.25, 0.3) is 0 Å². The van der Waals surface area contributed by atoms with Crippen LogP contribution in [-0.2, 0) is 9.59 Å². The fourth-order valence-electron chi connectivity index (χ4n) is 2.45. The van der Waals surface area contributed by atoms with Gasteiger partial charge in [0, 0.05) is 6.54 Å². The van der Waals surface area contributed by atoms with Gasteiger partial charge in [0.05, 0.1) is 6.42 Å². The summed E-state index contributed by atoms with van der Waals surface area (Å²) in [5.74, 6) is -1.31. The topological polar surface area (TPSA) is 122 Å². The van der Waals surface area contributed by atoms with Gasteiger partial charge in [-0.2, -0.15) is 0 Å². The first-order chi connectivity index (χ1) is 8.93. The summed E-state index contributed by atoms with van der Waals surface area (Å²) in [4.78, 5) is 33.2. The third kappa shape index (κ3) is 3.59. The van der Waals surface area contributed by atoms with Crippen LogP contribution < -0.4 is 16.4 Å². The van der Waals surface area contributed by atoms with Crippen molar-refractivity contribution < 1.29 is 19.5 Å². The van der Waals surface area contributed by atoms with Gasteiger partial charge in [0.2, 0.25) is 5.91 Å². The minimum absolute atomic E-state index is 0.250. The predicted octanol–water partition coefficient (Wildman–Crippen LogP) is -0.196. The lowest BCUT2D eigenvalue weighted by atomic mass is 10.0. The molecule has 2 aliphatic carbocycles. The van der Waals surface area contributed by atoms with Crippen molar-refractivity contribution in [1.29, 1.82) is 0 Å². The molecule has 0 bridgehead atoms. The van der Waals surface area contributed by atoms with Crippen molar-refractivity contribution in [1.82, 2.24) is 10.6 Å². The summed E-state index contributed by atoms with van der Waals surface area (Å²) in [5.41, 5.74) is 5.18. The van der Waals surface area contributed by atoms with Gasteiger partial charge in [-0.3, -0.25) is 4.79 Å². The fraction of sp³-hybridized carbons (Fsp3) is 0.750. The zero-order valence-corrected chi connectivity index (χ0v) is 10.6. The third-order valence-electron chi connectivity index (χ3n) is 3.95. The lowest BCUT2D eigenvalue weighted by Gasteiger charge is -2.17. The summed E-state index contributed by atoms with van der Waals surface area (Å²) >= 11 is 0. The molecule has 2 saturated carbocycles. The molecule has 2 aliphatic rings. The van der Waals surface area contributed by atoms with E-state index >= 15 is 0 Å². The summed E-state index contributed by atoms with van der Waals surface area (Å²) in [5, 5.41) is 13.8. The van der Waals surface area contributed by atoms with Crippen molar-refractivity contribution in [2.45, 2.75) is 38.1 Å². The molecule has 19 heavy (non-hydrogen) atoms. The van der Waals surface area contributed by atoms with Crippen molar-refractivity contribution in [2.75, 3.05) is 6.54 Å². The Hall–Kier alpha value is -1.79. The number of primary amides is 1. The average Bonchev–Trinajstić information content (AvgIpc) is 3.15. The second-order valence-corrected chi connectivity index (χ2v) is 5.52. The molecule has 0 saturated heterocycles. The molecule has 3 amide bonds. The van der Waals surface area contributed by atoms with Gasteiger partial charge in [-0.25, -0.2) is 9.59 Å². The lowest BCUT2D eigenvalue weighted by molar-refractivity contribution is -0.140. The Morgan fingerprint density at radius 1 is 1.32 bits per heavy atom. The van der Waals surface area contributed by atoms with Crippen LogP contribution in [0.2, 0.25) is 0 Å². The molecule has 0 aromatic carbocycles. The van der Waals surface area contributed by atoms with E-state index in [0.29, 0.717) is 12.5 Å². The monoisotopic (exact) mass is 269 g/mol. The van der Waals surface area contributed by atoms with E-state index in [2.05, 4.69) is 10.6 Å². The number of hydrogen-bond acceptors (Lipinski definition) is 3. The number of aliphatic carboxylic acids is 1. The van der Waals surface area contributed by atoms with Crippen LogP contribution in [0.1, 0.15) is 32.1 Å². The first kappa shape index (κ1) is 13.6. The van der Waals surface area contributed by atoms with Crippen LogP contribution in [-0.4, -0.2) is 35.6 Å². The number of carboxylic acid groups (broad SMARTS) is 1. The molecule has 1 atom stereocenters. The number of amides is 3. The maximum absolute atomic E-state index is 11.6. The van der Waals surface area contributed by atoms with Crippen LogP contribution in [0, 0.1) is 11.3 Å². The molecule has 0 spiro atoms. The van der Waals surface area contributed by atoms with E-state index < -0.39 is 30.4 Å². The van der Waals surface area contributed by atoms with E-state index in [9.17, 15) is 14.4 Å². The van der Waals surface area contributed by atoms with Crippen LogP contribution in [0.5, 0.6) is 0 Å². The number of carbonyl (C=O) groups is 3. The Kier molecular flexibility index (Phi) is 3.64. The van der Waals surface area contributed by atoms with Gasteiger partial charge in [0.15, 0.2) is 0 Å². The SMILES string of the molecule is NC(=O)CC(NC(=O)NCC1(C2CC2)CC1)C(=O)O. The molecule has 0 aromatic heterocycles. The quantitative estimate of drug-likeness (QED) is 0.511. The molecule has 0 aliphatic heterocycles. The highest BCUT2D eigenvalue weighted by Gasteiger charge is 2.53. The van der Waals surface area contributed by atoms with Gasteiger partial charge >= 0.3 is 12.0 Å². The molecular formula is C12H19N3O4. The molecule has 1 unspecified atom stereocenters. The third-order valence-corrected chi connectivity index (χ3v) is 3.95. The Labute approximate surface area is 110 Å². The molecular weight excluding hydrogens is 250 g/mol. The first-order valence-corrected chi connectivity index (χ1v) is 6.48. The molecule has 7 heteroatoms. The van der Waals surface area contributed by atoms with Crippen molar-refractivity contribution in [3.63, 3.8) is 0 Å². The van der Waals surface area contributed by atoms with Gasteiger partial charge in [-0.05, 0) is 37.0 Å². The second-order valence-electron chi connectivity index (χ2n) is 5.52. The number of hydrogen-bond donors (Lipinski definition) is 4. The van der Waals surface area contributed by atoms with Gasteiger partial charge in [0.25, 0.3) is 0 Å². The summed E-state index contributed by atoms with van der Waals surface area (Å²) in [7, 11) is 0. The van der Waals surface area contributed by atoms with E-state index in [1.54, 1.807) is 0 Å². The number of carboxylic acids is 1. The summed E-state index contributed by atoms with van der Waals surface area (Å²) in [6.45, 7) is 0.576. The molecule has 0 aromatic rings.